The minimum atomic E-state index is 0.159. The van der Waals surface area contributed by atoms with Gasteiger partial charge in [0.25, 0.3) is 0 Å². The number of rotatable bonds is 6. The van der Waals surface area contributed by atoms with E-state index in [0.717, 1.165) is 30.6 Å². The molecule has 3 N–H and O–H groups in total. The predicted octanol–water partition coefficient (Wildman–Crippen LogP) is 2.52. The number of benzene rings is 1. The molecule has 0 spiro atoms. The molecule has 0 aliphatic carbocycles. The zero-order chi connectivity index (χ0) is 14.4. The highest BCUT2D eigenvalue weighted by atomic mass is 32.1. The van der Waals surface area contributed by atoms with Gasteiger partial charge in [-0.2, -0.15) is 0 Å². The third kappa shape index (κ3) is 3.82. The molecule has 0 atom stereocenters. The fourth-order valence-corrected chi connectivity index (χ4v) is 2.79. The van der Waals surface area contributed by atoms with Crippen LogP contribution in [0.15, 0.2) is 46.9 Å². The molecule has 0 fully saturated rings. The number of nitrogens with two attached hydrogens (primary N) is 1. The van der Waals surface area contributed by atoms with Gasteiger partial charge in [-0.25, -0.2) is 0 Å². The van der Waals surface area contributed by atoms with E-state index in [-0.39, 0.29) is 5.84 Å². The van der Waals surface area contributed by atoms with Gasteiger partial charge in [-0.05, 0) is 30.5 Å². The molecule has 0 unspecified atom stereocenters. The lowest BCUT2D eigenvalue weighted by atomic mass is 10.1. The number of hydrogen-bond acceptors (Lipinski definition) is 4. The smallest absolute Gasteiger partial charge is 0.170 e. The number of amidine groups is 1. The maximum atomic E-state index is 8.83. The molecule has 1 aromatic heterocycles. The van der Waals surface area contributed by atoms with Gasteiger partial charge in [0.15, 0.2) is 5.84 Å². The highest BCUT2D eigenvalue weighted by Gasteiger charge is 2.08. The largest absolute Gasteiger partial charge is 0.409 e. The molecule has 4 nitrogen and oxygen atoms in total. The molecule has 0 aliphatic rings. The van der Waals surface area contributed by atoms with Gasteiger partial charge in [-0.1, -0.05) is 35.5 Å². The van der Waals surface area contributed by atoms with Gasteiger partial charge in [0.2, 0.25) is 0 Å². The first-order chi connectivity index (χ1) is 9.70. The summed E-state index contributed by atoms with van der Waals surface area (Å²) < 4.78 is 0. The van der Waals surface area contributed by atoms with Crippen molar-refractivity contribution in [3.05, 3.63) is 57.8 Å². The molecule has 106 valence electrons. The Morgan fingerprint density at radius 1 is 1.30 bits per heavy atom. The SMILES string of the molecule is CN(CCc1cccs1)Cc1ccccc1C(N)=NO. The van der Waals surface area contributed by atoms with Crippen LogP contribution in [0.2, 0.25) is 0 Å². The Morgan fingerprint density at radius 3 is 2.80 bits per heavy atom. The molecule has 20 heavy (non-hydrogen) atoms. The summed E-state index contributed by atoms with van der Waals surface area (Å²) in [7, 11) is 2.08. The minimum Gasteiger partial charge on any atom is -0.409 e. The predicted molar refractivity (Wildman–Crippen MR) is 83.3 cm³/mol. The maximum Gasteiger partial charge on any atom is 0.170 e. The molecule has 2 aromatic rings. The van der Waals surface area contributed by atoms with Crippen molar-refractivity contribution in [2.45, 2.75) is 13.0 Å². The molecule has 0 aliphatic heterocycles. The normalized spacial score (nSPS) is 12.0. The Morgan fingerprint density at radius 2 is 2.10 bits per heavy atom. The van der Waals surface area contributed by atoms with E-state index in [2.05, 4.69) is 34.6 Å². The van der Waals surface area contributed by atoms with Gasteiger partial charge in [-0.3, -0.25) is 0 Å². The van der Waals surface area contributed by atoms with E-state index in [1.807, 2.05) is 24.3 Å². The zero-order valence-corrected chi connectivity index (χ0v) is 12.3. The van der Waals surface area contributed by atoms with Gasteiger partial charge in [0.05, 0.1) is 0 Å². The minimum absolute atomic E-state index is 0.159. The average Bonchev–Trinajstić information content (AvgIpc) is 2.98. The first kappa shape index (κ1) is 14.6. The summed E-state index contributed by atoms with van der Waals surface area (Å²) in [4.78, 5) is 3.63. The van der Waals surface area contributed by atoms with Gasteiger partial charge in [0, 0.05) is 23.5 Å². The molecule has 0 saturated heterocycles. The summed E-state index contributed by atoms with van der Waals surface area (Å²) in [5, 5.41) is 14.0. The van der Waals surface area contributed by atoms with Crippen LogP contribution in [0.5, 0.6) is 0 Å². The van der Waals surface area contributed by atoms with E-state index in [9.17, 15) is 0 Å². The lowest BCUT2D eigenvalue weighted by molar-refractivity contribution is 0.318. The Balaban J connectivity index is 1.99. The van der Waals surface area contributed by atoms with Crippen LogP contribution in [0.4, 0.5) is 0 Å². The molecule has 0 radical (unpaired) electrons. The number of hydrogen-bond donors (Lipinski definition) is 2. The van der Waals surface area contributed by atoms with Gasteiger partial charge >= 0.3 is 0 Å². The first-order valence-electron chi connectivity index (χ1n) is 6.47. The third-order valence-electron chi connectivity index (χ3n) is 3.16. The summed E-state index contributed by atoms with van der Waals surface area (Å²) in [6.45, 7) is 1.75. The molecule has 0 amide bonds. The quantitative estimate of drug-likeness (QED) is 0.372. The molecule has 5 heteroatoms. The first-order valence-corrected chi connectivity index (χ1v) is 7.35. The van der Waals surface area contributed by atoms with Crippen LogP contribution in [0, 0.1) is 0 Å². The van der Waals surface area contributed by atoms with Crippen molar-refractivity contribution in [3.8, 4) is 0 Å². The average molecular weight is 289 g/mol. The van der Waals surface area contributed by atoms with Crippen molar-refractivity contribution >= 4 is 17.2 Å². The Labute approximate surface area is 123 Å². The Hall–Kier alpha value is -1.85. The molecule has 0 bridgehead atoms. The fourth-order valence-electron chi connectivity index (χ4n) is 2.09. The van der Waals surface area contributed by atoms with E-state index in [4.69, 9.17) is 10.9 Å². The summed E-state index contributed by atoms with van der Waals surface area (Å²) in [6.07, 6.45) is 1.04. The number of likely N-dealkylation sites (N-methyl/N-ethyl adjacent to an activating group) is 1. The van der Waals surface area contributed by atoms with Crippen molar-refractivity contribution in [3.63, 3.8) is 0 Å². The van der Waals surface area contributed by atoms with Crippen LogP contribution in [0.25, 0.3) is 0 Å². The van der Waals surface area contributed by atoms with Crippen LogP contribution in [0.3, 0.4) is 0 Å². The van der Waals surface area contributed by atoms with Crippen LogP contribution >= 0.6 is 11.3 Å². The Kier molecular flexibility index (Phi) is 5.15. The van der Waals surface area contributed by atoms with Crippen LogP contribution in [-0.4, -0.2) is 29.5 Å². The summed E-state index contributed by atoms with van der Waals surface area (Å²) in [6, 6.07) is 12.0. The molecular formula is C15H19N3OS. The van der Waals surface area contributed by atoms with Gasteiger partial charge in [-0.15, -0.1) is 11.3 Å². The maximum absolute atomic E-state index is 8.83. The van der Waals surface area contributed by atoms with Crippen LogP contribution in [-0.2, 0) is 13.0 Å². The van der Waals surface area contributed by atoms with Crippen LogP contribution < -0.4 is 5.73 Å². The monoisotopic (exact) mass is 289 g/mol. The van der Waals surface area contributed by atoms with Crippen molar-refractivity contribution in [1.82, 2.24) is 4.90 Å². The van der Waals surface area contributed by atoms with Gasteiger partial charge < -0.3 is 15.8 Å². The van der Waals surface area contributed by atoms with E-state index >= 15 is 0 Å². The van der Waals surface area contributed by atoms with Crippen molar-refractivity contribution < 1.29 is 5.21 Å². The second kappa shape index (κ2) is 7.07. The van der Waals surface area contributed by atoms with E-state index < -0.39 is 0 Å². The lowest BCUT2D eigenvalue weighted by Gasteiger charge is -2.18. The molecular weight excluding hydrogens is 270 g/mol. The fraction of sp³-hybridized carbons (Fsp3) is 0.267. The van der Waals surface area contributed by atoms with Gasteiger partial charge in [0.1, 0.15) is 0 Å². The van der Waals surface area contributed by atoms with Crippen LogP contribution in [0.1, 0.15) is 16.0 Å². The second-order valence-electron chi connectivity index (χ2n) is 4.71. The number of thiophene rings is 1. The third-order valence-corrected chi connectivity index (χ3v) is 4.10. The molecule has 1 heterocycles. The van der Waals surface area contributed by atoms with E-state index in [0.29, 0.717) is 0 Å². The Bertz CT molecular complexity index is 566. The highest BCUT2D eigenvalue weighted by molar-refractivity contribution is 7.09. The van der Waals surface area contributed by atoms with Crippen molar-refractivity contribution in [2.75, 3.05) is 13.6 Å². The summed E-state index contributed by atoms with van der Waals surface area (Å²) >= 11 is 1.78. The number of nitrogens with zero attached hydrogens (tertiary/aromatic N) is 2. The highest BCUT2D eigenvalue weighted by Crippen LogP contribution is 2.13. The molecule has 1 aromatic carbocycles. The molecule has 0 saturated carbocycles. The second-order valence-corrected chi connectivity index (χ2v) is 5.74. The summed E-state index contributed by atoms with van der Waals surface area (Å²) in [5.41, 5.74) is 7.56. The van der Waals surface area contributed by atoms with E-state index in [1.165, 1.54) is 4.88 Å². The van der Waals surface area contributed by atoms with Crippen molar-refractivity contribution in [2.24, 2.45) is 10.9 Å². The number of oxime groups is 1. The zero-order valence-electron chi connectivity index (χ0n) is 11.5. The molecule has 2 rings (SSSR count). The van der Waals surface area contributed by atoms with E-state index in [1.54, 1.807) is 11.3 Å². The lowest BCUT2D eigenvalue weighted by Crippen LogP contribution is -2.23. The standard InChI is InChI=1S/C15H19N3OS/c1-18(9-8-13-6-4-10-20-13)11-12-5-2-3-7-14(12)15(16)17-19/h2-7,10,19H,8-9,11H2,1H3,(H2,16,17). The topological polar surface area (TPSA) is 61.8 Å². The summed E-state index contributed by atoms with van der Waals surface area (Å²) in [5.74, 6) is 0.159. The van der Waals surface area contributed by atoms with Crippen molar-refractivity contribution in [1.29, 1.82) is 0 Å².